The van der Waals surface area contributed by atoms with Crippen LogP contribution in [0.2, 0.25) is 5.02 Å². The Labute approximate surface area is 131 Å². The molecule has 1 heterocycles. The number of nitrogens with two attached hydrogens (primary N) is 2. The summed E-state index contributed by atoms with van der Waals surface area (Å²) in [6.45, 7) is 0. The van der Waals surface area contributed by atoms with E-state index in [0.29, 0.717) is 5.02 Å². The van der Waals surface area contributed by atoms with Crippen LogP contribution < -0.4 is 22.3 Å². The van der Waals surface area contributed by atoms with E-state index in [1.807, 2.05) is 42.5 Å². The van der Waals surface area contributed by atoms with Crippen molar-refractivity contribution in [2.75, 3.05) is 0 Å². The molecule has 1 aliphatic heterocycles. The van der Waals surface area contributed by atoms with Gasteiger partial charge in [-0.2, -0.15) is 5.43 Å². The molecule has 0 saturated carbocycles. The van der Waals surface area contributed by atoms with Gasteiger partial charge in [0.1, 0.15) is 0 Å². The summed E-state index contributed by atoms with van der Waals surface area (Å²) in [5, 5.41) is 0.619. The predicted molar refractivity (Wildman–Crippen MR) is 85.8 cm³/mol. The lowest BCUT2D eigenvalue weighted by molar-refractivity contribution is 0.375. The molecule has 21 heavy (non-hydrogen) atoms. The van der Waals surface area contributed by atoms with E-state index in [4.69, 9.17) is 23.1 Å². The van der Waals surface area contributed by atoms with Gasteiger partial charge in [0, 0.05) is 15.4 Å². The first kappa shape index (κ1) is 14.2. The number of hydrazine groups is 1. The predicted octanol–water partition coefficient (Wildman–Crippen LogP) is 1.98. The minimum Gasteiger partial charge on any atom is -0.369 e. The molecule has 7 heteroatoms. The van der Waals surface area contributed by atoms with Crippen molar-refractivity contribution in [1.29, 1.82) is 0 Å². The van der Waals surface area contributed by atoms with Gasteiger partial charge < -0.3 is 5.73 Å². The first-order valence-corrected chi connectivity index (χ1v) is 7.46. The van der Waals surface area contributed by atoms with Gasteiger partial charge in [0.15, 0.2) is 0 Å². The second-order valence-electron chi connectivity index (χ2n) is 4.57. The number of nitrogens with one attached hydrogen (secondary N) is 2. The molecule has 0 aromatic heterocycles. The standard InChI is InChI=1S/C14H14ClN5S/c15-11-8-9(14(17)18-13(16)19-20-14)6-7-12(11)21-10-4-2-1-3-5-10/h1-8,20H,17H2,(H3,16,18,19). The molecule has 1 atom stereocenters. The highest BCUT2D eigenvalue weighted by atomic mass is 35.5. The van der Waals surface area contributed by atoms with Gasteiger partial charge in [-0.15, -0.1) is 0 Å². The van der Waals surface area contributed by atoms with Crippen LogP contribution in [0.1, 0.15) is 5.56 Å². The zero-order valence-electron chi connectivity index (χ0n) is 11.0. The van der Waals surface area contributed by atoms with Crippen LogP contribution in [0, 0.1) is 0 Å². The van der Waals surface area contributed by atoms with Crippen molar-refractivity contribution in [3.05, 3.63) is 59.1 Å². The highest BCUT2D eigenvalue weighted by Crippen LogP contribution is 2.35. The molecule has 2 aromatic carbocycles. The van der Waals surface area contributed by atoms with Gasteiger partial charge in [0.25, 0.3) is 0 Å². The molecular weight excluding hydrogens is 306 g/mol. The molecule has 0 fully saturated rings. The summed E-state index contributed by atoms with van der Waals surface area (Å²) in [5.41, 5.74) is 18.0. The maximum Gasteiger partial charge on any atom is 0.209 e. The van der Waals surface area contributed by atoms with Gasteiger partial charge in [0.05, 0.1) is 5.02 Å². The van der Waals surface area contributed by atoms with E-state index < -0.39 is 5.79 Å². The maximum absolute atomic E-state index is 6.35. The summed E-state index contributed by atoms with van der Waals surface area (Å²) in [5.74, 6) is -0.847. The van der Waals surface area contributed by atoms with Crippen LogP contribution in [0.25, 0.3) is 0 Å². The molecule has 1 aliphatic rings. The molecule has 0 saturated heterocycles. The van der Waals surface area contributed by atoms with Crippen LogP contribution in [0.4, 0.5) is 0 Å². The molecule has 3 rings (SSSR count). The van der Waals surface area contributed by atoms with Crippen molar-refractivity contribution < 1.29 is 0 Å². The van der Waals surface area contributed by atoms with Gasteiger partial charge in [-0.25, -0.2) is 4.99 Å². The van der Waals surface area contributed by atoms with Crippen molar-refractivity contribution in [3.63, 3.8) is 0 Å². The number of guanidine groups is 1. The third-order valence-electron chi connectivity index (χ3n) is 3.02. The van der Waals surface area contributed by atoms with Gasteiger partial charge in [-0.3, -0.25) is 11.2 Å². The molecule has 108 valence electrons. The molecule has 0 spiro atoms. The summed E-state index contributed by atoms with van der Waals surface area (Å²) < 4.78 is 0. The third kappa shape index (κ3) is 2.98. The van der Waals surface area contributed by atoms with Gasteiger partial charge in [-0.1, -0.05) is 47.6 Å². The molecule has 2 aromatic rings. The summed E-state index contributed by atoms with van der Waals surface area (Å²) in [6, 6.07) is 15.6. The highest BCUT2D eigenvalue weighted by molar-refractivity contribution is 7.99. The van der Waals surface area contributed by atoms with Crippen LogP contribution in [0.3, 0.4) is 0 Å². The number of hydrogen-bond donors (Lipinski definition) is 4. The average Bonchev–Trinajstić information content (AvgIpc) is 2.83. The first-order valence-electron chi connectivity index (χ1n) is 6.27. The van der Waals surface area contributed by atoms with E-state index in [9.17, 15) is 0 Å². The Balaban J connectivity index is 1.87. The largest absolute Gasteiger partial charge is 0.369 e. The summed E-state index contributed by atoms with van der Waals surface area (Å²) in [6.07, 6.45) is 0. The number of benzene rings is 2. The normalized spacial score (nSPS) is 21.0. The number of hydrogen-bond acceptors (Lipinski definition) is 6. The Morgan fingerprint density at radius 2 is 1.90 bits per heavy atom. The Morgan fingerprint density at radius 3 is 2.52 bits per heavy atom. The molecule has 6 N–H and O–H groups in total. The molecule has 5 nitrogen and oxygen atoms in total. The Hall–Kier alpha value is -1.73. The van der Waals surface area contributed by atoms with Crippen molar-refractivity contribution in [3.8, 4) is 0 Å². The molecule has 0 radical (unpaired) electrons. The minimum atomic E-state index is -1.09. The average molecular weight is 320 g/mol. The number of aliphatic imine (C=N–C) groups is 1. The molecule has 1 unspecified atom stereocenters. The zero-order chi connectivity index (χ0) is 14.9. The molecule has 0 amide bonds. The lowest BCUT2D eigenvalue weighted by atomic mass is 10.1. The maximum atomic E-state index is 6.35. The van der Waals surface area contributed by atoms with E-state index in [1.54, 1.807) is 17.8 Å². The van der Waals surface area contributed by atoms with Crippen molar-refractivity contribution in [1.82, 2.24) is 10.9 Å². The first-order chi connectivity index (χ1) is 10.1. The molecule has 0 aliphatic carbocycles. The van der Waals surface area contributed by atoms with Crippen LogP contribution in [0.5, 0.6) is 0 Å². The highest BCUT2D eigenvalue weighted by Gasteiger charge is 2.31. The van der Waals surface area contributed by atoms with Crippen molar-refractivity contribution >= 4 is 29.3 Å². The van der Waals surface area contributed by atoms with Crippen molar-refractivity contribution in [2.24, 2.45) is 16.5 Å². The number of rotatable bonds is 3. The Morgan fingerprint density at radius 1 is 1.14 bits per heavy atom. The van der Waals surface area contributed by atoms with Crippen LogP contribution in [-0.2, 0) is 5.79 Å². The summed E-state index contributed by atoms with van der Waals surface area (Å²) in [4.78, 5) is 6.21. The topological polar surface area (TPSA) is 88.5 Å². The smallest absolute Gasteiger partial charge is 0.209 e. The van der Waals surface area contributed by atoms with E-state index in [-0.39, 0.29) is 5.96 Å². The quantitative estimate of drug-likeness (QED) is 0.695. The number of nitrogens with zero attached hydrogens (tertiary/aromatic N) is 1. The fourth-order valence-electron chi connectivity index (χ4n) is 1.98. The molecular formula is C14H14ClN5S. The summed E-state index contributed by atoms with van der Waals surface area (Å²) >= 11 is 7.95. The Bertz CT molecular complexity index is 691. The monoisotopic (exact) mass is 319 g/mol. The van der Waals surface area contributed by atoms with E-state index in [2.05, 4.69) is 15.8 Å². The SMILES string of the molecule is NC1=NC(N)(c2ccc(Sc3ccccc3)c(Cl)c2)NN1. The Kier molecular flexibility index (Phi) is 3.77. The second-order valence-corrected chi connectivity index (χ2v) is 6.10. The van der Waals surface area contributed by atoms with Crippen molar-refractivity contribution in [2.45, 2.75) is 15.6 Å². The van der Waals surface area contributed by atoms with Gasteiger partial charge in [0.2, 0.25) is 11.7 Å². The van der Waals surface area contributed by atoms with Gasteiger partial charge in [-0.05, 0) is 24.3 Å². The van der Waals surface area contributed by atoms with E-state index in [1.165, 1.54) is 0 Å². The minimum absolute atomic E-state index is 0.247. The molecule has 0 bridgehead atoms. The fraction of sp³-hybridized carbons (Fsp3) is 0.0714. The van der Waals surface area contributed by atoms with Crippen LogP contribution in [0.15, 0.2) is 63.3 Å². The van der Waals surface area contributed by atoms with Crippen LogP contribution >= 0.6 is 23.4 Å². The van der Waals surface area contributed by atoms with Gasteiger partial charge >= 0.3 is 0 Å². The lowest BCUT2D eigenvalue weighted by Crippen LogP contribution is -2.50. The third-order valence-corrected chi connectivity index (χ3v) is 4.53. The second kappa shape index (κ2) is 5.57. The lowest BCUT2D eigenvalue weighted by Gasteiger charge is -2.21. The van der Waals surface area contributed by atoms with Crippen LogP contribution in [-0.4, -0.2) is 5.96 Å². The zero-order valence-corrected chi connectivity index (χ0v) is 12.6. The fourth-order valence-corrected chi connectivity index (χ4v) is 3.11. The van der Waals surface area contributed by atoms with E-state index >= 15 is 0 Å². The van der Waals surface area contributed by atoms with E-state index in [0.717, 1.165) is 15.4 Å². The summed E-state index contributed by atoms with van der Waals surface area (Å²) in [7, 11) is 0. The number of halogens is 1.